The van der Waals surface area contributed by atoms with Gasteiger partial charge in [-0.3, -0.25) is 4.99 Å². The van der Waals surface area contributed by atoms with E-state index < -0.39 is 0 Å². The predicted octanol–water partition coefficient (Wildman–Crippen LogP) is 4.10. The molecule has 4 rings (SSSR count). The first kappa shape index (κ1) is 12.4. The number of likely N-dealkylation sites (N-methyl/N-ethyl adjacent to an activating group) is 1. The number of nitrogens with zero attached hydrogens (tertiary/aromatic N) is 2. The van der Waals surface area contributed by atoms with Crippen LogP contribution in [0.3, 0.4) is 0 Å². The van der Waals surface area contributed by atoms with Crippen molar-refractivity contribution in [2.75, 3.05) is 7.05 Å². The predicted molar refractivity (Wildman–Crippen MR) is 87.4 cm³/mol. The average Bonchev–Trinajstić information content (AvgIpc) is 2.49. The summed E-state index contributed by atoms with van der Waals surface area (Å²) < 4.78 is 0. The van der Waals surface area contributed by atoms with E-state index >= 15 is 0 Å². The molecule has 0 aromatic heterocycles. The Hall–Kier alpha value is -2.35. The molecule has 0 bridgehead atoms. The molecule has 0 N–H and O–H groups in total. The Balaban J connectivity index is 2.18. The maximum Gasteiger partial charge on any atom is 0.106 e. The van der Waals surface area contributed by atoms with Crippen LogP contribution >= 0.6 is 0 Å². The van der Waals surface area contributed by atoms with E-state index in [0.29, 0.717) is 0 Å². The number of fused-ring (bicyclic) bond motifs is 6. The Morgan fingerprint density at radius 3 is 2.48 bits per heavy atom. The number of hydrogen-bond donors (Lipinski definition) is 0. The lowest BCUT2D eigenvalue weighted by atomic mass is 9.70. The second-order valence-corrected chi connectivity index (χ2v) is 6.00. The smallest absolute Gasteiger partial charge is 0.106 e. The normalized spacial score (nSPS) is 22.2. The van der Waals surface area contributed by atoms with Crippen molar-refractivity contribution in [3.63, 3.8) is 0 Å². The van der Waals surface area contributed by atoms with Gasteiger partial charge in [-0.1, -0.05) is 42.5 Å². The maximum atomic E-state index is 4.75. The van der Waals surface area contributed by atoms with Crippen molar-refractivity contribution >= 4 is 5.71 Å². The van der Waals surface area contributed by atoms with Gasteiger partial charge < -0.3 is 4.90 Å². The number of aliphatic imine (C=N–C) groups is 1. The molecule has 1 aliphatic heterocycles. The fraction of sp³-hybridized carbons (Fsp3) is 0.211. The molecule has 2 aliphatic rings. The van der Waals surface area contributed by atoms with Gasteiger partial charge >= 0.3 is 0 Å². The van der Waals surface area contributed by atoms with Gasteiger partial charge in [-0.15, -0.1) is 0 Å². The molecule has 0 spiro atoms. The van der Waals surface area contributed by atoms with Gasteiger partial charge in [-0.2, -0.15) is 0 Å². The Morgan fingerprint density at radius 1 is 0.952 bits per heavy atom. The number of rotatable bonds is 0. The Labute approximate surface area is 125 Å². The monoisotopic (exact) mass is 274 g/mol. The van der Waals surface area contributed by atoms with Crippen molar-refractivity contribution in [1.82, 2.24) is 4.90 Å². The zero-order chi connectivity index (χ0) is 14.6. The summed E-state index contributed by atoms with van der Waals surface area (Å²) in [5.74, 6) is 0. The number of hydrogen-bond acceptors (Lipinski definition) is 2. The van der Waals surface area contributed by atoms with E-state index in [1.807, 2.05) is 6.20 Å². The van der Waals surface area contributed by atoms with Crippen LogP contribution < -0.4 is 0 Å². The zero-order valence-electron chi connectivity index (χ0n) is 12.6. The minimum absolute atomic E-state index is 0.205. The standard InChI is InChI=1S/C19H18N2/c1-13-7-6-10-15-14-8-4-5-9-16(14)18-19(2,17(13)15)21(3)12-11-20-18/h4-12H,1-3H3. The van der Waals surface area contributed by atoms with Crippen LogP contribution in [0.5, 0.6) is 0 Å². The summed E-state index contributed by atoms with van der Waals surface area (Å²) in [7, 11) is 2.13. The fourth-order valence-corrected chi connectivity index (χ4v) is 3.74. The Morgan fingerprint density at radius 2 is 1.67 bits per heavy atom. The summed E-state index contributed by atoms with van der Waals surface area (Å²) in [6.45, 7) is 4.47. The molecule has 2 nitrogen and oxygen atoms in total. The van der Waals surface area contributed by atoms with Crippen LogP contribution in [0.4, 0.5) is 0 Å². The summed E-state index contributed by atoms with van der Waals surface area (Å²) in [4.78, 5) is 7.02. The molecule has 1 aliphatic carbocycles. The van der Waals surface area contributed by atoms with Crippen LogP contribution in [0, 0.1) is 6.92 Å². The number of aryl methyl sites for hydroxylation is 1. The van der Waals surface area contributed by atoms with Gasteiger partial charge in [0.2, 0.25) is 0 Å². The second kappa shape index (κ2) is 4.08. The van der Waals surface area contributed by atoms with Crippen molar-refractivity contribution < 1.29 is 0 Å². The molecule has 1 heterocycles. The minimum Gasteiger partial charge on any atom is -0.364 e. The van der Waals surface area contributed by atoms with Gasteiger partial charge in [0.1, 0.15) is 5.54 Å². The third-order valence-electron chi connectivity index (χ3n) is 4.89. The number of benzene rings is 2. The van der Waals surface area contributed by atoms with E-state index in [2.05, 4.69) is 74.5 Å². The van der Waals surface area contributed by atoms with Gasteiger partial charge in [0.05, 0.1) is 5.71 Å². The highest BCUT2D eigenvalue weighted by Crippen LogP contribution is 2.47. The Kier molecular flexibility index (Phi) is 2.41. The molecule has 1 unspecified atom stereocenters. The molecular weight excluding hydrogens is 256 g/mol. The largest absolute Gasteiger partial charge is 0.364 e. The molecule has 2 aromatic carbocycles. The highest BCUT2D eigenvalue weighted by atomic mass is 15.2. The first-order valence-corrected chi connectivity index (χ1v) is 7.32. The summed E-state index contributed by atoms with van der Waals surface area (Å²) in [5.41, 5.74) is 7.49. The highest BCUT2D eigenvalue weighted by molar-refractivity contribution is 6.16. The Bertz CT molecular complexity index is 801. The fourth-order valence-electron chi connectivity index (χ4n) is 3.74. The van der Waals surface area contributed by atoms with Crippen LogP contribution in [0.15, 0.2) is 59.9 Å². The summed E-state index contributed by atoms with van der Waals surface area (Å²) >= 11 is 0. The van der Waals surface area contributed by atoms with Crippen molar-refractivity contribution in [3.05, 3.63) is 71.6 Å². The van der Waals surface area contributed by atoms with Gasteiger partial charge in [0.15, 0.2) is 0 Å². The van der Waals surface area contributed by atoms with E-state index in [1.165, 1.54) is 27.8 Å². The van der Waals surface area contributed by atoms with Gasteiger partial charge in [-0.05, 0) is 36.1 Å². The van der Waals surface area contributed by atoms with Gasteiger partial charge in [0, 0.05) is 25.0 Å². The molecule has 0 amide bonds. The van der Waals surface area contributed by atoms with E-state index in [-0.39, 0.29) is 5.54 Å². The molecule has 104 valence electrons. The maximum absolute atomic E-state index is 4.75. The first-order chi connectivity index (χ1) is 10.1. The van der Waals surface area contributed by atoms with Crippen molar-refractivity contribution in [3.8, 4) is 11.1 Å². The van der Waals surface area contributed by atoms with Crippen LogP contribution in [0.1, 0.15) is 23.6 Å². The highest BCUT2D eigenvalue weighted by Gasteiger charge is 2.44. The SMILES string of the molecule is Cc1cccc2c1C1(C)C(=NC=CN1C)c1ccccc1-2. The quantitative estimate of drug-likeness (QED) is 0.706. The van der Waals surface area contributed by atoms with E-state index in [4.69, 9.17) is 4.99 Å². The third-order valence-corrected chi connectivity index (χ3v) is 4.89. The van der Waals surface area contributed by atoms with Crippen molar-refractivity contribution in [2.45, 2.75) is 19.4 Å². The zero-order valence-corrected chi connectivity index (χ0v) is 12.6. The first-order valence-electron chi connectivity index (χ1n) is 7.32. The molecule has 2 aromatic rings. The van der Waals surface area contributed by atoms with E-state index in [1.54, 1.807) is 0 Å². The molecule has 0 saturated carbocycles. The summed E-state index contributed by atoms with van der Waals surface area (Å²) in [6, 6.07) is 15.2. The lowest BCUT2D eigenvalue weighted by Gasteiger charge is -2.46. The molecule has 1 atom stereocenters. The van der Waals surface area contributed by atoms with Gasteiger partial charge in [0.25, 0.3) is 0 Å². The van der Waals surface area contributed by atoms with Crippen molar-refractivity contribution in [2.24, 2.45) is 4.99 Å². The van der Waals surface area contributed by atoms with Gasteiger partial charge in [-0.25, -0.2) is 0 Å². The molecular formula is C19H18N2. The molecule has 0 radical (unpaired) electrons. The lowest BCUT2D eigenvalue weighted by Crippen LogP contribution is -2.49. The van der Waals surface area contributed by atoms with Crippen LogP contribution in [0.2, 0.25) is 0 Å². The summed E-state index contributed by atoms with van der Waals surface area (Å²) in [6.07, 6.45) is 3.96. The lowest BCUT2D eigenvalue weighted by molar-refractivity contribution is 0.283. The third kappa shape index (κ3) is 1.45. The van der Waals surface area contributed by atoms with Crippen LogP contribution in [-0.4, -0.2) is 17.7 Å². The molecule has 21 heavy (non-hydrogen) atoms. The summed E-state index contributed by atoms with van der Waals surface area (Å²) in [5, 5.41) is 0. The molecule has 2 heteroatoms. The molecule has 0 saturated heterocycles. The topological polar surface area (TPSA) is 15.6 Å². The van der Waals surface area contributed by atoms with Crippen LogP contribution in [0.25, 0.3) is 11.1 Å². The van der Waals surface area contributed by atoms with E-state index in [9.17, 15) is 0 Å². The second-order valence-electron chi connectivity index (χ2n) is 6.00. The van der Waals surface area contributed by atoms with E-state index in [0.717, 1.165) is 5.71 Å². The minimum atomic E-state index is -0.205. The van der Waals surface area contributed by atoms with Crippen LogP contribution in [-0.2, 0) is 5.54 Å². The van der Waals surface area contributed by atoms with Crippen molar-refractivity contribution in [1.29, 1.82) is 0 Å². The molecule has 0 fully saturated rings. The average molecular weight is 274 g/mol.